The average Bonchev–Trinajstić information content (AvgIpc) is 1.62. The van der Waals surface area contributed by atoms with Crippen LogP contribution in [0.1, 0.15) is 6.92 Å². The van der Waals surface area contributed by atoms with Gasteiger partial charge in [0.25, 0.3) is 0 Å². The number of hydrogen-bond donors (Lipinski definition) is 1. The van der Waals surface area contributed by atoms with Crippen molar-refractivity contribution in [1.29, 1.82) is 0 Å². The van der Waals surface area contributed by atoms with E-state index in [1.54, 1.807) is 0 Å². The lowest BCUT2D eigenvalue weighted by Crippen LogP contribution is -2.26. The Morgan fingerprint density at radius 1 is 1.89 bits per heavy atom. The first kappa shape index (κ1) is 8.17. The summed E-state index contributed by atoms with van der Waals surface area (Å²) in [4.78, 5) is 10.3. The van der Waals surface area contributed by atoms with Crippen LogP contribution < -0.4 is 0 Å². The predicted octanol–water partition coefficient (Wildman–Crippen LogP) is 0.258. The van der Waals surface area contributed by atoms with Crippen molar-refractivity contribution in [3.63, 3.8) is 0 Å². The van der Waals surface area contributed by atoms with Crippen molar-refractivity contribution < 1.29 is 14.6 Å². The Balaban J connectivity index is 3.74. The molecule has 0 aliphatic carbocycles. The second-order valence-electron chi connectivity index (χ2n) is 1.80. The van der Waals surface area contributed by atoms with E-state index in [-0.39, 0.29) is 0 Å². The monoisotopic (exact) mass is 129 g/mol. The number of rotatable bonds is 2. The summed E-state index contributed by atoms with van der Waals surface area (Å²) < 4.78 is 4.27. The molecule has 3 nitrogen and oxygen atoms in total. The molecule has 0 fully saturated rings. The quantitative estimate of drug-likeness (QED) is 0.330. The molecule has 0 saturated carbocycles. The molecule has 1 radical (unpaired) electrons. The topological polar surface area (TPSA) is 46.5 Å². The van der Waals surface area contributed by atoms with Crippen LogP contribution in [-0.4, -0.2) is 16.9 Å². The molecule has 0 spiro atoms. The average molecular weight is 129 g/mol. The first-order chi connectivity index (χ1) is 3.95. The normalized spacial score (nSPS) is 10.6. The van der Waals surface area contributed by atoms with Gasteiger partial charge in [0.2, 0.25) is 5.79 Å². The van der Waals surface area contributed by atoms with Crippen molar-refractivity contribution in [1.82, 2.24) is 0 Å². The molecule has 9 heavy (non-hydrogen) atoms. The zero-order valence-electron chi connectivity index (χ0n) is 5.26. The third-order valence-electron chi connectivity index (χ3n) is 0.487. The zero-order chi connectivity index (χ0) is 7.49. The first-order valence-corrected chi connectivity index (χ1v) is 2.39. The van der Waals surface area contributed by atoms with E-state index < -0.39 is 11.8 Å². The molecule has 0 aromatic carbocycles. The number of aliphatic hydroxyl groups is 1. The van der Waals surface area contributed by atoms with E-state index >= 15 is 0 Å². The molecule has 0 aromatic rings. The molecule has 51 valence electrons. The maximum absolute atomic E-state index is 10.3. The lowest BCUT2D eigenvalue weighted by Gasteiger charge is -2.15. The highest BCUT2D eigenvalue weighted by Crippen LogP contribution is 2.01. The lowest BCUT2D eigenvalue weighted by molar-refractivity contribution is -0.179. The van der Waals surface area contributed by atoms with Crippen molar-refractivity contribution in [2.24, 2.45) is 0 Å². The van der Waals surface area contributed by atoms with Gasteiger partial charge in [-0.2, -0.15) is 0 Å². The second-order valence-corrected chi connectivity index (χ2v) is 1.80. The minimum absolute atomic E-state index is 0.685. The van der Waals surface area contributed by atoms with E-state index in [4.69, 9.17) is 5.11 Å². The molecule has 0 aliphatic heterocycles. The van der Waals surface area contributed by atoms with Gasteiger partial charge < -0.3 is 9.84 Å². The van der Waals surface area contributed by atoms with Crippen LogP contribution in [0.25, 0.3) is 0 Å². The van der Waals surface area contributed by atoms with E-state index in [2.05, 4.69) is 18.2 Å². The van der Waals surface area contributed by atoms with Gasteiger partial charge in [-0.05, 0) is 0 Å². The Bertz CT molecular complexity index is 121. The molecular weight excluding hydrogens is 120 g/mol. The summed E-state index contributed by atoms with van der Waals surface area (Å²) >= 11 is 0. The highest BCUT2D eigenvalue weighted by atomic mass is 16.7. The largest absolute Gasteiger partial charge is 0.430 e. The molecule has 1 N–H and O–H groups in total. The van der Waals surface area contributed by atoms with Crippen LogP contribution in [0.5, 0.6) is 0 Å². The predicted molar refractivity (Wildman–Crippen MR) is 32.3 cm³/mol. The van der Waals surface area contributed by atoms with Gasteiger partial charge in [-0.15, -0.1) is 0 Å². The fourth-order valence-corrected chi connectivity index (χ4v) is 0.258. The SMILES string of the molecule is [CH2]C(C)(O)OC(=O)C=C. The zero-order valence-corrected chi connectivity index (χ0v) is 5.26. The van der Waals surface area contributed by atoms with E-state index in [9.17, 15) is 4.79 Å². The molecule has 3 heteroatoms. The molecule has 0 bridgehead atoms. The van der Waals surface area contributed by atoms with Crippen LogP contribution in [-0.2, 0) is 9.53 Å². The fourth-order valence-electron chi connectivity index (χ4n) is 0.258. The molecular formula is C6H9O3. The van der Waals surface area contributed by atoms with E-state index in [0.29, 0.717) is 0 Å². The molecule has 1 atom stereocenters. The smallest absolute Gasteiger partial charge is 0.332 e. The maximum Gasteiger partial charge on any atom is 0.332 e. The molecule has 0 amide bonds. The Morgan fingerprint density at radius 3 is 2.44 bits per heavy atom. The van der Waals surface area contributed by atoms with Gasteiger partial charge in [0.1, 0.15) is 0 Å². The van der Waals surface area contributed by atoms with E-state index in [0.717, 1.165) is 6.08 Å². The van der Waals surface area contributed by atoms with Crippen LogP contribution in [0.2, 0.25) is 0 Å². The highest BCUT2D eigenvalue weighted by molar-refractivity contribution is 5.81. The molecule has 0 rings (SSSR count). The molecule has 0 aromatic heterocycles. The fraction of sp³-hybridized carbons (Fsp3) is 0.333. The number of hydrogen-bond acceptors (Lipinski definition) is 3. The number of carbonyl (C=O) groups is 1. The highest BCUT2D eigenvalue weighted by Gasteiger charge is 2.15. The van der Waals surface area contributed by atoms with Gasteiger partial charge in [-0.25, -0.2) is 4.79 Å². The molecule has 1 unspecified atom stereocenters. The van der Waals surface area contributed by atoms with Gasteiger partial charge in [0.15, 0.2) is 0 Å². The van der Waals surface area contributed by atoms with Gasteiger partial charge in [-0.1, -0.05) is 6.58 Å². The summed E-state index contributed by atoms with van der Waals surface area (Å²) in [6.45, 7) is 7.51. The van der Waals surface area contributed by atoms with Gasteiger partial charge in [-0.3, -0.25) is 0 Å². The second kappa shape index (κ2) is 2.64. The number of ether oxygens (including phenoxy) is 1. The van der Waals surface area contributed by atoms with E-state index in [1.807, 2.05) is 0 Å². The van der Waals surface area contributed by atoms with Crippen molar-refractivity contribution in [2.75, 3.05) is 0 Å². The van der Waals surface area contributed by atoms with Crippen molar-refractivity contribution >= 4 is 5.97 Å². The molecule has 0 heterocycles. The maximum atomic E-state index is 10.3. The Morgan fingerprint density at radius 2 is 2.33 bits per heavy atom. The van der Waals surface area contributed by atoms with Gasteiger partial charge in [0.05, 0.1) is 0 Å². The van der Waals surface area contributed by atoms with Crippen LogP contribution in [0.4, 0.5) is 0 Å². The Hall–Kier alpha value is -0.830. The van der Waals surface area contributed by atoms with Crippen LogP contribution in [0.15, 0.2) is 12.7 Å². The van der Waals surface area contributed by atoms with Crippen LogP contribution >= 0.6 is 0 Å². The summed E-state index contributed by atoms with van der Waals surface area (Å²) in [6, 6.07) is 0. The minimum atomic E-state index is -1.65. The molecule has 0 aliphatic rings. The number of esters is 1. The van der Waals surface area contributed by atoms with Crippen LogP contribution in [0.3, 0.4) is 0 Å². The summed E-state index contributed by atoms with van der Waals surface area (Å²) in [5.74, 6) is -2.33. The lowest BCUT2D eigenvalue weighted by atomic mass is 10.4. The summed E-state index contributed by atoms with van der Waals surface area (Å²) in [6.07, 6.45) is 0.958. The third-order valence-corrected chi connectivity index (χ3v) is 0.487. The summed E-state index contributed by atoms with van der Waals surface area (Å²) in [5, 5.41) is 8.72. The van der Waals surface area contributed by atoms with Crippen molar-refractivity contribution in [3.05, 3.63) is 19.6 Å². The van der Waals surface area contributed by atoms with Crippen molar-refractivity contribution in [2.45, 2.75) is 12.7 Å². The summed E-state index contributed by atoms with van der Waals surface area (Å²) in [5.41, 5.74) is 0. The van der Waals surface area contributed by atoms with Crippen molar-refractivity contribution in [3.8, 4) is 0 Å². The number of carbonyl (C=O) groups excluding carboxylic acids is 1. The van der Waals surface area contributed by atoms with Crippen LogP contribution in [0, 0.1) is 6.92 Å². The standard InChI is InChI=1S/C6H9O3/c1-4-5(7)9-6(2,3)8/h4,8H,1-2H2,3H3. The third kappa shape index (κ3) is 5.03. The minimum Gasteiger partial charge on any atom is -0.430 e. The first-order valence-electron chi connectivity index (χ1n) is 2.39. The Labute approximate surface area is 53.9 Å². The van der Waals surface area contributed by atoms with Gasteiger partial charge >= 0.3 is 5.97 Å². The van der Waals surface area contributed by atoms with Gasteiger partial charge in [0, 0.05) is 19.9 Å². The van der Waals surface area contributed by atoms with E-state index in [1.165, 1.54) is 6.92 Å². The molecule has 0 saturated heterocycles. The Kier molecular flexibility index (Phi) is 2.40. The summed E-state index contributed by atoms with van der Waals surface area (Å²) in [7, 11) is 0.